The monoisotopic (exact) mass is 334 g/mol. The molecule has 3 rings (SSSR count). The fraction of sp³-hybridized carbons (Fsp3) is 0.647. The highest BCUT2D eigenvalue weighted by Crippen LogP contribution is 2.19. The Bertz CT molecular complexity index is 639. The molecule has 1 aliphatic rings. The van der Waals surface area contributed by atoms with Crippen LogP contribution in [-0.2, 0) is 19.5 Å². The largest absolute Gasteiger partial charge is 0.465 e. The molecule has 24 heavy (non-hydrogen) atoms. The minimum Gasteiger partial charge on any atom is -0.465 e. The summed E-state index contributed by atoms with van der Waals surface area (Å²) in [6, 6.07) is 4.32. The second kappa shape index (κ2) is 7.92. The lowest BCUT2D eigenvalue weighted by Gasteiger charge is -2.40. The van der Waals surface area contributed by atoms with Gasteiger partial charge in [-0.2, -0.15) is 0 Å². The maximum absolute atomic E-state index is 9.41. The van der Waals surface area contributed by atoms with Gasteiger partial charge in [0.05, 0.1) is 13.1 Å². The highest BCUT2D eigenvalue weighted by atomic mass is 16.4. The van der Waals surface area contributed by atoms with Crippen LogP contribution in [0.4, 0.5) is 0 Å². The summed E-state index contributed by atoms with van der Waals surface area (Å²) >= 11 is 0. The summed E-state index contributed by atoms with van der Waals surface area (Å²) in [6.07, 6.45) is 1.51. The molecule has 1 fully saturated rings. The van der Waals surface area contributed by atoms with Crippen LogP contribution in [0.25, 0.3) is 0 Å². The molecule has 0 spiro atoms. The Morgan fingerprint density at radius 1 is 1.17 bits per heavy atom. The van der Waals surface area contributed by atoms with Crippen molar-refractivity contribution in [1.29, 1.82) is 0 Å². The number of aryl methyl sites for hydroxylation is 2. The highest BCUT2D eigenvalue weighted by molar-refractivity contribution is 5.06. The van der Waals surface area contributed by atoms with E-state index in [1.807, 2.05) is 26.0 Å². The lowest BCUT2D eigenvalue weighted by atomic mass is 10.1. The van der Waals surface area contributed by atoms with Gasteiger partial charge in [-0.1, -0.05) is 6.92 Å². The first-order valence-corrected chi connectivity index (χ1v) is 8.61. The normalized spacial score (nSPS) is 19.9. The number of piperazine rings is 1. The lowest BCUT2D eigenvalue weighted by Crippen LogP contribution is -2.52. The van der Waals surface area contributed by atoms with E-state index in [0.29, 0.717) is 24.4 Å². The van der Waals surface area contributed by atoms with Crippen LogP contribution in [0.5, 0.6) is 0 Å². The van der Waals surface area contributed by atoms with E-state index in [9.17, 15) is 5.11 Å². The molecule has 1 N–H and O–H groups in total. The summed E-state index contributed by atoms with van der Waals surface area (Å²) in [5.41, 5.74) is 0. The van der Waals surface area contributed by atoms with Gasteiger partial charge in [-0.05, 0) is 25.5 Å². The van der Waals surface area contributed by atoms with Gasteiger partial charge in [-0.3, -0.25) is 9.80 Å². The summed E-state index contributed by atoms with van der Waals surface area (Å²) in [4.78, 5) is 4.70. The molecule has 132 valence electrons. The van der Waals surface area contributed by atoms with Crippen LogP contribution in [0.3, 0.4) is 0 Å². The minimum atomic E-state index is 0.187. The van der Waals surface area contributed by atoms with Crippen LogP contribution in [-0.4, -0.2) is 57.4 Å². The van der Waals surface area contributed by atoms with Crippen molar-refractivity contribution in [3.05, 3.63) is 35.4 Å². The summed E-state index contributed by atoms with van der Waals surface area (Å²) in [5.74, 6) is 3.27. The predicted octanol–water partition coefficient (Wildman–Crippen LogP) is 1.60. The van der Waals surface area contributed by atoms with Crippen LogP contribution in [0, 0.1) is 6.92 Å². The molecule has 0 bridgehead atoms. The van der Waals surface area contributed by atoms with Gasteiger partial charge in [0.2, 0.25) is 11.8 Å². The third-order valence-electron chi connectivity index (χ3n) is 4.48. The number of rotatable bonds is 7. The average Bonchev–Trinajstić information content (AvgIpc) is 3.19. The van der Waals surface area contributed by atoms with E-state index in [0.717, 1.165) is 50.5 Å². The van der Waals surface area contributed by atoms with Crippen molar-refractivity contribution < 1.29 is 13.9 Å². The van der Waals surface area contributed by atoms with E-state index in [-0.39, 0.29) is 6.61 Å². The molecular formula is C17H26N4O3. The van der Waals surface area contributed by atoms with E-state index < -0.39 is 0 Å². The Morgan fingerprint density at radius 2 is 2.00 bits per heavy atom. The zero-order valence-electron chi connectivity index (χ0n) is 14.4. The lowest BCUT2D eigenvalue weighted by molar-refractivity contribution is 0.0415. The van der Waals surface area contributed by atoms with Crippen LogP contribution >= 0.6 is 0 Å². The number of hydrogen-bond acceptors (Lipinski definition) is 7. The van der Waals surface area contributed by atoms with Crippen LogP contribution < -0.4 is 0 Å². The van der Waals surface area contributed by atoms with E-state index in [4.69, 9.17) is 8.83 Å². The fourth-order valence-electron chi connectivity index (χ4n) is 3.19. The van der Waals surface area contributed by atoms with Crippen molar-refractivity contribution in [2.45, 2.75) is 45.8 Å². The summed E-state index contributed by atoms with van der Waals surface area (Å²) in [5, 5.41) is 17.5. The molecule has 1 atom stereocenters. The SMILES string of the molecule is CCc1nnc(CN2CCN(Cc3ccc(C)o3)C(CCO)C2)o1. The van der Waals surface area contributed by atoms with Crippen LogP contribution in [0.15, 0.2) is 21.0 Å². The van der Waals surface area contributed by atoms with Crippen molar-refractivity contribution in [3.63, 3.8) is 0 Å². The zero-order chi connectivity index (χ0) is 16.9. The smallest absolute Gasteiger partial charge is 0.230 e. The Morgan fingerprint density at radius 3 is 2.67 bits per heavy atom. The highest BCUT2D eigenvalue weighted by Gasteiger charge is 2.28. The van der Waals surface area contributed by atoms with Gasteiger partial charge in [0.25, 0.3) is 0 Å². The van der Waals surface area contributed by atoms with Crippen LogP contribution in [0.1, 0.15) is 36.6 Å². The first-order valence-electron chi connectivity index (χ1n) is 8.61. The minimum absolute atomic E-state index is 0.187. The molecule has 0 aliphatic carbocycles. The number of nitrogens with zero attached hydrogens (tertiary/aromatic N) is 4. The Labute approximate surface area is 142 Å². The Kier molecular flexibility index (Phi) is 5.65. The number of aromatic nitrogens is 2. The molecule has 1 saturated heterocycles. The van der Waals surface area contributed by atoms with E-state index >= 15 is 0 Å². The van der Waals surface area contributed by atoms with E-state index in [1.54, 1.807) is 0 Å². The maximum atomic E-state index is 9.41. The molecule has 1 unspecified atom stereocenters. The van der Waals surface area contributed by atoms with Gasteiger partial charge in [-0.25, -0.2) is 0 Å². The Hall–Kier alpha value is -1.70. The predicted molar refractivity (Wildman–Crippen MR) is 88.3 cm³/mol. The molecular weight excluding hydrogens is 308 g/mol. The van der Waals surface area contributed by atoms with Gasteiger partial charge < -0.3 is 13.9 Å². The number of furan rings is 1. The molecule has 7 nitrogen and oxygen atoms in total. The van der Waals surface area contributed by atoms with Crippen molar-refractivity contribution in [1.82, 2.24) is 20.0 Å². The molecule has 0 radical (unpaired) electrons. The molecule has 1 aliphatic heterocycles. The number of aliphatic hydroxyl groups is 1. The van der Waals surface area contributed by atoms with Crippen molar-refractivity contribution in [2.24, 2.45) is 0 Å². The zero-order valence-corrected chi connectivity index (χ0v) is 14.4. The first kappa shape index (κ1) is 17.1. The fourth-order valence-corrected chi connectivity index (χ4v) is 3.19. The van der Waals surface area contributed by atoms with Gasteiger partial charge in [0.15, 0.2) is 0 Å². The number of aliphatic hydroxyl groups excluding tert-OH is 1. The maximum Gasteiger partial charge on any atom is 0.230 e. The molecule has 2 aromatic rings. The first-order chi connectivity index (χ1) is 11.7. The molecule has 7 heteroatoms. The summed E-state index contributed by atoms with van der Waals surface area (Å²) < 4.78 is 11.3. The Balaban J connectivity index is 1.59. The van der Waals surface area contributed by atoms with Crippen molar-refractivity contribution in [2.75, 3.05) is 26.2 Å². The summed E-state index contributed by atoms with van der Waals surface area (Å²) in [6.45, 7) is 8.35. The van der Waals surface area contributed by atoms with E-state index in [1.165, 1.54) is 0 Å². The molecule has 0 amide bonds. The van der Waals surface area contributed by atoms with E-state index in [2.05, 4.69) is 20.0 Å². The van der Waals surface area contributed by atoms with Gasteiger partial charge in [0.1, 0.15) is 11.5 Å². The molecule has 3 heterocycles. The molecule has 0 saturated carbocycles. The van der Waals surface area contributed by atoms with Gasteiger partial charge in [0, 0.05) is 38.7 Å². The summed E-state index contributed by atoms with van der Waals surface area (Å²) in [7, 11) is 0. The van der Waals surface area contributed by atoms with Gasteiger partial charge in [-0.15, -0.1) is 10.2 Å². The standard InChI is InChI=1S/C17H26N4O3/c1-3-16-18-19-17(24-16)12-20-7-8-21(14(10-20)6-9-22)11-15-5-4-13(2)23-15/h4-5,14,22H,3,6-12H2,1-2H3. The second-order valence-electron chi connectivity index (χ2n) is 6.33. The quantitative estimate of drug-likeness (QED) is 0.824. The molecule has 2 aromatic heterocycles. The topological polar surface area (TPSA) is 78.8 Å². The average molecular weight is 334 g/mol. The van der Waals surface area contributed by atoms with Gasteiger partial charge >= 0.3 is 0 Å². The second-order valence-corrected chi connectivity index (χ2v) is 6.33. The van der Waals surface area contributed by atoms with Crippen molar-refractivity contribution in [3.8, 4) is 0 Å². The van der Waals surface area contributed by atoms with Crippen molar-refractivity contribution >= 4 is 0 Å². The third-order valence-corrected chi connectivity index (χ3v) is 4.48. The molecule has 0 aromatic carbocycles. The number of hydrogen-bond donors (Lipinski definition) is 1. The third kappa shape index (κ3) is 4.23. The van der Waals surface area contributed by atoms with Crippen LogP contribution in [0.2, 0.25) is 0 Å².